The lowest BCUT2D eigenvalue weighted by molar-refractivity contribution is 0.102. The second-order valence-corrected chi connectivity index (χ2v) is 11.1. The molecule has 7 rings (SSSR count). The van der Waals surface area contributed by atoms with Crippen LogP contribution in [0.15, 0.2) is 85.1 Å². The highest BCUT2D eigenvalue weighted by Crippen LogP contribution is 2.34. The number of thiazole rings is 1. The number of nitrogens with zero attached hydrogens (tertiary/aromatic N) is 5. The third-order valence-electron chi connectivity index (χ3n) is 7.64. The summed E-state index contributed by atoms with van der Waals surface area (Å²) in [7, 11) is 0. The van der Waals surface area contributed by atoms with Crippen LogP contribution in [0, 0.1) is 0 Å². The van der Waals surface area contributed by atoms with E-state index < -0.39 is 0 Å². The van der Waals surface area contributed by atoms with Gasteiger partial charge >= 0.3 is 0 Å². The van der Waals surface area contributed by atoms with E-state index in [-0.39, 0.29) is 5.91 Å². The largest absolute Gasteiger partial charge is 0.369 e. The summed E-state index contributed by atoms with van der Waals surface area (Å²) in [4.78, 5) is 33.6. The average molecular weight is 533 g/mol. The normalized spacial score (nSPS) is 17.3. The zero-order valence-corrected chi connectivity index (χ0v) is 22.3. The van der Waals surface area contributed by atoms with Crippen LogP contribution in [0.4, 0.5) is 11.4 Å². The van der Waals surface area contributed by atoms with E-state index in [2.05, 4.69) is 26.2 Å². The van der Waals surface area contributed by atoms with E-state index in [1.54, 1.807) is 6.20 Å². The third-order valence-corrected chi connectivity index (χ3v) is 8.65. The summed E-state index contributed by atoms with van der Waals surface area (Å²) in [6.07, 6.45) is 4.27. The first-order chi connectivity index (χ1) is 19.2. The van der Waals surface area contributed by atoms with Gasteiger partial charge in [0.2, 0.25) is 0 Å². The van der Waals surface area contributed by atoms with Gasteiger partial charge in [-0.2, -0.15) is 0 Å². The lowest BCUT2D eigenvalue weighted by Crippen LogP contribution is -2.50. The molecule has 2 fully saturated rings. The van der Waals surface area contributed by atoms with Gasteiger partial charge in [-0.25, -0.2) is 15.0 Å². The molecule has 1 amide bonds. The predicted molar refractivity (Wildman–Crippen MR) is 157 cm³/mol. The molecule has 2 aliphatic heterocycles. The maximum absolute atomic E-state index is 13.7. The minimum Gasteiger partial charge on any atom is -0.369 e. The van der Waals surface area contributed by atoms with Crippen LogP contribution < -0.4 is 10.2 Å². The van der Waals surface area contributed by atoms with Crippen molar-refractivity contribution in [2.45, 2.75) is 18.9 Å². The van der Waals surface area contributed by atoms with Crippen molar-refractivity contribution in [2.75, 3.05) is 36.4 Å². The zero-order valence-electron chi connectivity index (χ0n) is 21.5. The Balaban J connectivity index is 1.23. The van der Waals surface area contributed by atoms with Crippen molar-refractivity contribution in [1.82, 2.24) is 19.9 Å². The maximum atomic E-state index is 13.7. The highest BCUT2D eigenvalue weighted by molar-refractivity contribution is 7.21. The van der Waals surface area contributed by atoms with Crippen molar-refractivity contribution >= 4 is 39.0 Å². The quantitative estimate of drug-likeness (QED) is 0.301. The van der Waals surface area contributed by atoms with E-state index in [1.165, 1.54) is 30.7 Å². The number of carbonyl (C=O) groups is 1. The van der Waals surface area contributed by atoms with Gasteiger partial charge in [-0.05, 0) is 55.8 Å². The number of para-hydroxylation sites is 1. The van der Waals surface area contributed by atoms with Gasteiger partial charge in [0, 0.05) is 48.7 Å². The van der Waals surface area contributed by atoms with Gasteiger partial charge in [0.25, 0.3) is 5.91 Å². The Hall–Kier alpha value is -4.14. The van der Waals surface area contributed by atoms with Crippen LogP contribution in [0.5, 0.6) is 0 Å². The van der Waals surface area contributed by atoms with E-state index in [1.807, 2.05) is 72.8 Å². The van der Waals surface area contributed by atoms with E-state index >= 15 is 0 Å². The number of amides is 1. The van der Waals surface area contributed by atoms with Crippen molar-refractivity contribution in [3.63, 3.8) is 0 Å². The standard InChI is InChI=1S/C31H28N6OS/c38-29(34-25-12-5-4-11-24(25)30-35-26-13-6-14-32-31(26)39-30)28-19-23(18-27(33-28)21-8-2-1-3-9-21)37-17-16-36-15-7-10-22(36)20-37/h1-6,8-9,11-14,18-19,22H,7,10,15-17,20H2,(H,34,38)/t22-/m0/s1. The molecule has 2 aliphatic rings. The minimum absolute atomic E-state index is 0.236. The van der Waals surface area contributed by atoms with Crippen LogP contribution in [0.2, 0.25) is 0 Å². The van der Waals surface area contributed by atoms with Crippen LogP contribution in [0.1, 0.15) is 23.3 Å². The molecule has 0 saturated carbocycles. The zero-order chi connectivity index (χ0) is 26.2. The lowest BCUT2D eigenvalue weighted by Gasteiger charge is -2.39. The fourth-order valence-corrected chi connectivity index (χ4v) is 6.59. The summed E-state index contributed by atoms with van der Waals surface area (Å²) in [6.45, 7) is 4.18. The van der Waals surface area contributed by atoms with Crippen molar-refractivity contribution in [2.24, 2.45) is 0 Å². The molecule has 0 spiro atoms. The summed E-state index contributed by atoms with van der Waals surface area (Å²) in [6, 6.07) is 26.3. The van der Waals surface area contributed by atoms with E-state index in [0.29, 0.717) is 17.4 Å². The molecule has 1 atom stereocenters. The molecular weight excluding hydrogens is 504 g/mol. The molecule has 194 valence electrons. The number of fused-ring (bicyclic) bond motifs is 2. The first-order valence-electron chi connectivity index (χ1n) is 13.4. The molecule has 5 aromatic rings. The number of anilines is 2. The molecule has 0 unspecified atom stereocenters. The Bertz CT molecular complexity index is 1620. The lowest BCUT2D eigenvalue weighted by atomic mass is 10.1. The van der Waals surface area contributed by atoms with Crippen molar-refractivity contribution in [3.8, 4) is 21.8 Å². The number of aromatic nitrogens is 3. The number of hydrogen-bond acceptors (Lipinski definition) is 7. The Kier molecular flexibility index (Phi) is 6.26. The molecule has 39 heavy (non-hydrogen) atoms. The number of carbonyl (C=O) groups excluding carboxylic acids is 1. The molecule has 8 heteroatoms. The number of benzene rings is 2. The van der Waals surface area contributed by atoms with Crippen LogP contribution in [0.3, 0.4) is 0 Å². The highest BCUT2D eigenvalue weighted by atomic mass is 32.1. The van der Waals surface area contributed by atoms with Gasteiger partial charge in [-0.15, -0.1) is 0 Å². The second kappa shape index (κ2) is 10.2. The summed E-state index contributed by atoms with van der Waals surface area (Å²) in [5, 5.41) is 3.95. The molecule has 0 bridgehead atoms. The van der Waals surface area contributed by atoms with Crippen LogP contribution in [-0.4, -0.2) is 58.0 Å². The van der Waals surface area contributed by atoms with Gasteiger partial charge in [-0.3, -0.25) is 9.69 Å². The first-order valence-corrected chi connectivity index (χ1v) is 14.2. The number of piperazine rings is 1. The van der Waals surface area contributed by atoms with Crippen molar-refractivity contribution in [3.05, 3.63) is 90.8 Å². The first kappa shape index (κ1) is 23.9. The van der Waals surface area contributed by atoms with Gasteiger partial charge < -0.3 is 10.2 Å². The molecule has 7 nitrogen and oxygen atoms in total. The van der Waals surface area contributed by atoms with Crippen LogP contribution in [0.25, 0.3) is 32.2 Å². The Morgan fingerprint density at radius 3 is 2.69 bits per heavy atom. The number of pyridine rings is 2. The smallest absolute Gasteiger partial charge is 0.274 e. The SMILES string of the molecule is O=C(Nc1ccccc1-c1nc2cccnc2s1)c1cc(N2CCN3CCC[C@H]3C2)cc(-c2ccccc2)n1. The highest BCUT2D eigenvalue weighted by Gasteiger charge is 2.31. The summed E-state index contributed by atoms with van der Waals surface area (Å²) >= 11 is 1.52. The summed E-state index contributed by atoms with van der Waals surface area (Å²) in [5.41, 5.74) is 5.67. The molecule has 0 radical (unpaired) electrons. The van der Waals surface area contributed by atoms with E-state index in [0.717, 1.165) is 57.5 Å². The molecule has 0 aliphatic carbocycles. The maximum Gasteiger partial charge on any atom is 0.274 e. The van der Waals surface area contributed by atoms with Gasteiger partial charge in [0.05, 0.1) is 11.4 Å². The minimum atomic E-state index is -0.236. The van der Waals surface area contributed by atoms with E-state index in [9.17, 15) is 4.79 Å². The fraction of sp³-hybridized carbons (Fsp3) is 0.226. The van der Waals surface area contributed by atoms with Gasteiger partial charge in [-0.1, -0.05) is 53.8 Å². The van der Waals surface area contributed by atoms with E-state index in [4.69, 9.17) is 9.97 Å². The molecule has 2 aromatic carbocycles. The van der Waals surface area contributed by atoms with Crippen molar-refractivity contribution < 1.29 is 4.79 Å². The molecule has 5 heterocycles. The Labute approximate surface area is 231 Å². The number of nitrogens with one attached hydrogen (secondary N) is 1. The van der Waals surface area contributed by atoms with Crippen molar-refractivity contribution in [1.29, 1.82) is 0 Å². The summed E-state index contributed by atoms with van der Waals surface area (Å²) in [5.74, 6) is -0.236. The monoisotopic (exact) mass is 532 g/mol. The van der Waals surface area contributed by atoms with Crippen LogP contribution in [-0.2, 0) is 0 Å². The summed E-state index contributed by atoms with van der Waals surface area (Å²) < 4.78 is 0. The topological polar surface area (TPSA) is 74.2 Å². The average Bonchev–Trinajstić information content (AvgIpc) is 3.64. The molecular formula is C31H28N6OS. The molecule has 2 saturated heterocycles. The predicted octanol–water partition coefficient (Wildman–Crippen LogP) is 5.96. The van der Waals surface area contributed by atoms with Gasteiger partial charge in [0.15, 0.2) is 0 Å². The van der Waals surface area contributed by atoms with Gasteiger partial charge in [0.1, 0.15) is 21.0 Å². The Morgan fingerprint density at radius 1 is 0.923 bits per heavy atom. The second-order valence-electron chi connectivity index (χ2n) is 10.1. The number of hydrogen-bond donors (Lipinski definition) is 1. The number of rotatable bonds is 5. The molecule has 3 aromatic heterocycles. The third kappa shape index (κ3) is 4.77. The Morgan fingerprint density at radius 2 is 1.79 bits per heavy atom. The molecule has 1 N–H and O–H groups in total. The van der Waals surface area contributed by atoms with Crippen LogP contribution >= 0.6 is 11.3 Å². The fourth-order valence-electron chi connectivity index (χ4n) is 5.65.